The Hall–Kier alpha value is -1.28. The van der Waals surface area contributed by atoms with Crippen LogP contribution in [0.5, 0.6) is 0 Å². The molecule has 0 spiro atoms. The van der Waals surface area contributed by atoms with Crippen LogP contribution in [-0.4, -0.2) is 17.2 Å². The van der Waals surface area contributed by atoms with E-state index < -0.39 is 0 Å². The predicted molar refractivity (Wildman–Crippen MR) is 79.2 cm³/mol. The van der Waals surface area contributed by atoms with Crippen LogP contribution in [0.1, 0.15) is 30.5 Å². The van der Waals surface area contributed by atoms with Crippen LogP contribution in [0.25, 0.3) is 10.9 Å². The molecule has 1 aromatic carbocycles. The maximum atomic E-state index is 3.49. The van der Waals surface area contributed by atoms with Crippen molar-refractivity contribution >= 4 is 10.9 Å². The maximum Gasteiger partial charge on any atom is 0.0510 e. The molecule has 0 aliphatic heterocycles. The maximum absolute atomic E-state index is 3.49. The first-order chi connectivity index (χ1) is 8.49. The van der Waals surface area contributed by atoms with Gasteiger partial charge in [-0.05, 0) is 44.0 Å². The highest BCUT2D eigenvalue weighted by Crippen LogP contribution is 2.25. The molecule has 98 valence electrons. The van der Waals surface area contributed by atoms with Crippen molar-refractivity contribution in [2.45, 2.75) is 40.2 Å². The number of fused-ring (bicyclic) bond motifs is 1. The topological polar surface area (TPSA) is 17.0 Å². The summed E-state index contributed by atoms with van der Waals surface area (Å²) in [5, 5.41) is 4.91. The molecule has 0 bridgehead atoms. The van der Waals surface area contributed by atoms with Gasteiger partial charge in [0.15, 0.2) is 0 Å². The first-order valence-corrected chi connectivity index (χ1v) is 6.77. The molecule has 1 aromatic heterocycles. The Kier molecular flexibility index (Phi) is 3.76. The average Bonchev–Trinajstić information content (AvgIpc) is 2.55. The SMILES string of the molecule is Cc1cc(C)c2c(c1)c(CCNC(C)C)cn2C. The number of rotatable bonds is 4. The lowest BCUT2D eigenvalue weighted by Crippen LogP contribution is -2.24. The second kappa shape index (κ2) is 5.15. The summed E-state index contributed by atoms with van der Waals surface area (Å²) in [6, 6.07) is 5.13. The molecule has 1 heterocycles. The fourth-order valence-corrected chi connectivity index (χ4v) is 2.74. The smallest absolute Gasteiger partial charge is 0.0510 e. The van der Waals surface area contributed by atoms with Crippen molar-refractivity contribution in [3.8, 4) is 0 Å². The molecule has 2 rings (SSSR count). The molecule has 0 amide bonds. The Labute approximate surface area is 110 Å². The normalized spacial score (nSPS) is 11.7. The summed E-state index contributed by atoms with van der Waals surface area (Å²) in [6.07, 6.45) is 3.37. The van der Waals surface area contributed by atoms with Crippen LogP contribution in [0.2, 0.25) is 0 Å². The summed E-state index contributed by atoms with van der Waals surface area (Å²) < 4.78 is 2.26. The number of aryl methyl sites for hydroxylation is 3. The molecule has 0 saturated carbocycles. The lowest BCUT2D eigenvalue weighted by molar-refractivity contribution is 0.591. The molecule has 18 heavy (non-hydrogen) atoms. The van der Waals surface area contributed by atoms with E-state index in [4.69, 9.17) is 0 Å². The summed E-state index contributed by atoms with van der Waals surface area (Å²) in [6.45, 7) is 9.81. The van der Waals surface area contributed by atoms with Gasteiger partial charge in [0.05, 0.1) is 5.52 Å². The Morgan fingerprint density at radius 2 is 1.94 bits per heavy atom. The quantitative estimate of drug-likeness (QED) is 0.873. The van der Waals surface area contributed by atoms with E-state index in [0.717, 1.165) is 13.0 Å². The number of nitrogens with zero attached hydrogens (tertiary/aromatic N) is 1. The number of nitrogens with one attached hydrogen (secondary N) is 1. The molecule has 0 aliphatic rings. The van der Waals surface area contributed by atoms with Crippen LogP contribution in [0.15, 0.2) is 18.3 Å². The van der Waals surface area contributed by atoms with Gasteiger partial charge in [-0.25, -0.2) is 0 Å². The Morgan fingerprint density at radius 3 is 2.61 bits per heavy atom. The lowest BCUT2D eigenvalue weighted by atomic mass is 10.0. The van der Waals surface area contributed by atoms with Crippen LogP contribution in [0, 0.1) is 13.8 Å². The van der Waals surface area contributed by atoms with E-state index in [1.165, 1.54) is 27.6 Å². The Morgan fingerprint density at radius 1 is 1.22 bits per heavy atom. The van der Waals surface area contributed by atoms with Gasteiger partial charge in [-0.2, -0.15) is 0 Å². The molecule has 0 unspecified atom stereocenters. The van der Waals surface area contributed by atoms with Gasteiger partial charge in [-0.1, -0.05) is 25.5 Å². The van der Waals surface area contributed by atoms with Gasteiger partial charge in [0.25, 0.3) is 0 Å². The van der Waals surface area contributed by atoms with Crippen molar-refractivity contribution in [1.82, 2.24) is 9.88 Å². The average molecular weight is 244 g/mol. The highest BCUT2D eigenvalue weighted by atomic mass is 14.9. The monoisotopic (exact) mass is 244 g/mol. The molecule has 0 aliphatic carbocycles. The highest BCUT2D eigenvalue weighted by molar-refractivity contribution is 5.87. The summed E-state index contributed by atoms with van der Waals surface area (Å²) >= 11 is 0. The second-order valence-electron chi connectivity index (χ2n) is 5.60. The van der Waals surface area contributed by atoms with Crippen LogP contribution < -0.4 is 5.32 Å². The molecule has 2 heteroatoms. The minimum atomic E-state index is 0.559. The molecular weight excluding hydrogens is 220 g/mol. The van der Waals surface area contributed by atoms with Gasteiger partial charge in [-0.15, -0.1) is 0 Å². The van der Waals surface area contributed by atoms with Crippen molar-refractivity contribution in [2.75, 3.05) is 6.54 Å². The third kappa shape index (κ3) is 2.59. The van der Waals surface area contributed by atoms with Gasteiger partial charge in [-0.3, -0.25) is 0 Å². The highest BCUT2D eigenvalue weighted by Gasteiger charge is 2.09. The lowest BCUT2D eigenvalue weighted by Gasteiger charge is -2.07. The van der Waals surface area contributed by atoms with Crippen LogP contribution in [0.3, 0.4) is 0 Å². The largest absolute Gasteiger partial charge is 0.350 e. The van der Waals surface area contributed by atoms with Gasteiger partial charge in [0, 0.05) is 24.7 Å². The van der Waals surface area contributed by atoms with Crippen molar-refractivity contribution < 1.29 is 0 Å². The van der Waals surface area contributed by atoms with E-state index in [2.05, 4.69) is 63.0 Å². The van der Waals surface area contributed by atoms with Crippen molar-refractivity contribution in [2.24, 2.45) is 7.05 Å². The third-order valence-electron chi connectivity index (χ3n) is 3.44. The van der Waals surface area contributed by atoms with Crippen LogP contribution in [-0.2, 0) is 13.5 Å². The molecule has 0 fully saturated rings. The van der Waals surface area contributed by atoms with E-state index in [0.29, 0.717) is 6.04 Å². The van der Waals surface area contributed by atoms with Crippen molar-refractivity contribution in [3.63, 3.8) is 0 Å². The minimum Gasteiger partial charge on any atom is -0.350 e. The minimum absolute atomic E-state index is 0.559. The number of aromatic nitrogens is 1. The zero-order valence-corrected chi connectivity index (χ0v) is 12.2. The Balaban J connectivity index is 2.34. The van der Waals surface area contributed by atoms with Crippen LogP contribution >= 0.6 is 0 Å². The molecule has 1 N–H and O–H groups in total. The zero-order valence-electron chi connectivity index (χ0n) is 12.2. The first kappa shape index (κ1) is 13.2. The van der Waals surface area contributed by atoms with Crippen LogP contribution in [0.4, 0.5) is 0 Å². The fraction of sp³-hybridized carbons (Fsp3) is 0.500. The molecular formula is C16H24N2. The summed E-state index contributed by atoms with van der Waals surface area (Å²) in [5.41, 5.74) is 5.55. The molecule has 0 radical (unpaired) electrons. The standard InChI is InChI=1S/C16H24N2/c1-11(2)17-7-6-14-10-18(5)16-13(4)8-12(3)9-15(14)16/h8-11,17H,6-7H2,1-5H3. The van der Waals surface area contributed by atoms with E-state index in [1.54, 1.807) is 0 Å². The van der Waals surface area contributed by atoms with E-state index in [9.17, 15) is 0 Å². The number of hydrogen-bond donors (Lipinski definition) is 1. The van der Waals surface area contributed by atoms with Gasteiger partial charge >= 0.3 is 0 Å². The van der Waals surface area contributed by atoms with E-state index in [1.807, 2.05) is 0 Å². The molecule has 0 saturated heterocycles. The summed E-state index contributed by atoms with van der Waals surface area (Å²) in [5.74, 6) is 0. The number of benzene rings is 1. The van der Waals surface area contributed by atoms with E-state index in [-0.39, 0.29) is 0 Å². The fourth-order valence-electron chi connectivity index (χ4n) is 2.74. The second-order valence-corrected chi connectivity index (χ2v) is 5.60. The molecule has 2 nitrogen and oxygen atoms in total. The van der Waals surface area contributed by atoms with Crippen molar-refractivity contribution in [3.05, 3.63) is 35.0 Å². The zero-order chi connectivity index (χ0) is 13.3. The van der Waals surface area contributed by atoms with Gasteiger partial charge in [0.2, 0.25) is 0 Å². The van der Waals surface area contributed by atoms with Gasteiger partial charge in [0.1, 0.15) is 0 Å². The van der Waals surface area contributed by atoms with Crippen molar-refractivity contribution in [1.29, 1.82) is 0 Å². The van der Waals surface area contributed by atoms with Gasteiger partial charge < -0.3 is 9.88 Å². The molecule has 2 aromatic rings. The summed E-state index contributed by atoms with van der Waals surface area (Å²) in [7, 11) is 2.14. The molecule has 0 atom stereocenters. The summed E-state index contributed by atoms with van der Waals surface area (Å²) in [4.78, 5) is 0. The first-order valence-electron chi connectivity index (χ1n) is 6.77. The predicted octanol–water partition coefficient (Wildman–Crippen LogP) is 3.34. The third-order valence-corrected chi connectivity index (χ3v) is 3.44. The van der Waals surface area contributed by atoms with E-state index >= 15 is 0 Å². The number of hydrogen-bond acceptors (Lipinski definition) is 1. The Bertz CT molecular complexity index is 550.